The van der Waals surface area contributed by atoms with Crippen LogP contribution in [0.25, 0.3) is 16.6 Å². The van der Waals surface area contributed by atoms with E-state index in [9.17, 15) is 9.59 Å². The summed E-state index contributed by atoms with van der Waals surface area (Å²) in [6.07, 6.45) is 4.68. The number of anilines is 1. The number of benzene rings is 2. The number of nitrogens with zero attached hydrogens (tertiary/aromatic N) is 3. The van der Waals surface area contributed by atoms with Gasteiger partial charge >= 0.3 is 0 Å². The minimum absolute atomic E-state index is 0.173. The van der Waals surface area contributed by atoms with E-state index in [0.29, 0.717) is 28.1 Å². The zero-order valence-electron chi connectivity index (χ0n) is 16.0. The summed E-state index contributed by atoms with van der Waals surface area (Å²) in [5, 5.41) is 12.7. The summed E-state index contributed by atoms with van der Waals surface area (Å²) in [5.74, 6) is -0.420. The van der Waals surface area contributed by atoms with Gasteiger partial charge in [0.1, 0.15) is 11.0 Å². The van der Waals surface area contributed by atoms with Crippen LogP contribution >= 0.6 is 22.9 Å². The maximum absolute atomic E-state index is 12.8. The van der Waals surface area contributed by atoms with Crippen molar-refractivity contribution in [2.45, 2.75) is 18.9 Å². The van der Waals surface area contributed by atoms with Crippen molar-refractivity contribution in [1.82, 2.24) is 15.1 Å². The highest BCUT2D eigenvalue weighted by Crippen LogP contribution is 2.29. The van der Waals surface area contributed by atoms with Crippen molar-refractivity contribution in [2.75, 3.05) is 11.9 Å². The van der Waals surface area contributed by atoms with Gasteiger partial charge in [-0.25, -0.2) is 0 Å². The summed E-state index contributed by atoms with van der Waals surface area (Å²) >= 11 is 7.29. The van der Waals surface area contributed by atoms with Crippen LogP contribution in [0.15, 0.2) is 60.7 Å². The SMILES string of the molecule is O=C(Nc1nnc(-c2cccc(Cl)c2)s1)C1CCCN1C(=O)/C=C/c1ccccc1. The first kappa shape index (κ1) is 20.3. The second-order valence-electron chi connectivity index (χ2n) is 6.85. The molecule has 1 unspecified atom stereocenters. The number of likely N-dealkylation sites (tertiary alicyclic amines) is 1. The molecule has 6 nitrogen and oxygen atoms in total. The maximum Gasteiger partial charge on any atom is 0.249 e. The molecule has 0 spiro atoms. The molecule has 0 aliphatic carbocycles. The van der Waals surface area contributed by atoms with Crippen molar-refractivity contribution in [3.8, 4) is 10.6 Å². The molecule has 2 heterocycles. The van der Waals surface area contributed by atoms with Crippen LogP contribution in [0.3, 0.4) is 0 Å². The third-order valence-corrected chi connectivity index (χ3v) is 5.91. The second-order valence-corrected chi connectivity index (χ2v) is 8.26. The highest BCUT2D eigenvalue weighted by atomic mass is 35.5. The number of halogens is 1. The fourth-order valence-electron chi connectivity index (χ4n) is 3.33. The Hall–Kier alpha value is -3.03. The Kier molecular flexibility index (Phi) is 6.21. The molecule has 0 bridgehead atoms. The predicted molar refractivity (Wildman–Crippen MR) is 119 cm³/mol. The van der Waals surface area contributed by atoms with Gasteiger partial charge in [0, 0.05) is 23.2 Å². The highest BCUT2D eigenvalue weighted by Gasteiger charge is 2.33. The van der Waals surface area contributed by atoms with E-state index in [4.69, 9.17) is 11.6 Å². The van der Waals surface area contributed by atoms with Crippen molar-refractivity contribution < 1.29 is 9.59 Å². The molecule has 1 atom stereocenters. The summed E-state index contributed by atoms with van der Waals surface area (Å²) in [6.45, 7) is 0.555. The summed E-state index contributed by atoms with van der Waals surface area (Å²) in [7, 11) is 0. The minimum Gasteiger partial charge on any atom is -0.327 e. The Labute approximate surface area is 183 Å². The lowest BCUT2D eigenvalue weighted by molar-refractivity contribution is -0.132. The summed E-state index contributed by atoms with van der Waals surface area (Å²) in [5.41, 5.74) is 1.78. The van der Waals surface area contributed by atoms with E-state index in [1.54, 1.807) is 23.1 Å². The normalized spacial score (nSPS) is 16.2. The Balaban J connectivity index is 1.41. The number of hydrogen-bond donors (Lipinski definition) is 1. The number of carbonyl (C=O) groups is 2. The van der Waals surface area contributed by atoms with Crippen molar-refractivity contribution in [3.05, 3.63) is 71.3 Å². The molecule has 1 aliphatic heterocycles. The molecule has 1 fully saturated rings. The molecule has 0 saturated carbocycles. The molecule has 1 aromatic heterocycles. The molecule has 152 valence electrons. The monoisotopic (exact) mass is 438 g/mol. The van der Waals surface area contributed by atoms with Gasteiger partial charge in [0.25, 0.3) is 0 Å². The van der Waals surface area contributed by atoms with Gasteiger partial charge in [0.15, 0.2) is 0 Å². The lowest BCUT2D eigenvalue weighted by Crippen LogP contribution is -2.42. The lowest BCUT2D eigenvalue weighted by atomic mass is 10.2. The van der Waals surface area contributed by atoms with Crippen molar-refractivity contribution >= 4 is 46.0 Å². The number of hydrogen-bond acceptors (Lipinski definition) is 5. The van der Waals surface area contributed by atoms with Crippen LogP contribution in [-0.2, 0) is 9.59 Å². The van der Waals surface area contributed by atoms with Crippen LogP contribution in [0.1, 0.15) is 18.4 Å². The fraction of sp³-hybridized carbons (Fsp3) is 0.182. The number of nitrogens with one attached hydrogen (secondary N) is 1. The molecule has 1 saturated heterocycles. The molecule has 30 heavy (non-hydrogen) atoms. The maximum atomic E-state index is 12.8. The van der Waals surface area contributed by atoms with E-state index in [2.05, 4.69) is 15.5 Å². The molecule has 1 N–H and O–H groups in total. The quantitative estimate of drug-likeness (QED) is 0.595. The van der Waals surface area contributed by atoms with Gasteiger partial charge in [-0.3, -0.25) is 14.9 Å². The number of rotatable bonds is 5. The van der Waals surface area contributed by atoms with E-state index >= 15 is 0 Å². The van der Waals surface area contributed by atoms with E-state index in [1.807, 2.05) is 42.5 Å². The molecule has 0 radical (unpaired) electrons. The fourth-order valence-corrected chi connectivity index (χ4v) is 4.26. The van der Waals surface area contributed by atoms with Crippen molar-refractivity contribution in [3.63, 3.8) is 0 Å². The molecule has 3 aromatic rings. The standard InChI is InChI=1S/C22H19ClN4O2S/c23-17-9-4-8-16(14-17)21-25-26-22(30-21)24-20(29)18-10-5-13-27(18)19(28)12-11-15-6-2-1-3-7-15/h1-4,6-9,11-12,14,18H,5,10,13H2,(H,24,26,29)/b12-11+. The van der Waals surface area contributed by atoms with Crippen LogP contribution < -0.4 is 5.32 Å². The number of aromatic nitrogens is 2. The largest absolute Gasteiger partial charge is 0.327 e. The van der Waals surface area contributed by atoms with Crippen LogP contribution in [0.2, 0.25) is 5.02 Å². The molecule has 2 aromatic carbocycles. The predicted octanol–water partition coefficient (Wildman–Crippen LogP) is 4.50. The Bertz CT molecular complexity index is 1080. The van der Waals surface area contributed by atoms with Crippen molar-refractivity contribution in [1.29, 1.82) is 0 Å². The Morgan fingerprint density at radius 2 is 1.97 bits per heavy atom. The zero-order valence-corrected chi connectivity index (χ0v) is 17.6. The van der Waals surface area contributed by atoms with Gasteiger partial charge in [0.2, 0.25) is 16.9 Å². The van der Waals surface area contributed by atoms with Gasteiger partial charge in [-0.1, -0.05) is 65.4 Å². The van der Waals surface area contributed by atoms with Gasteiger partial charge in [-0.2, -0.15) is 0 Å². The zero-order chi connectivity index (χ0) is 20.9. The average Bonchev–Trinajstić information content (AvgIpc) is 3.43. The van der Waals surface area contributed by atoms with E-state index in [-0.39, 0.29) is 11.8 Å². The first-order chi connectivity index (χ1) is 14.6. The second kappa shape index (κ2) is 9.19. The Morgan fingerprint density at radius 1 is 1.13 bits per heavy atom. The van der Waals surface area contributed by atoms with Gasteiger partial charge in [0.05, 0.1) is 0 Å². The third-order valence-electron chi connectivity index (χ3n) is 4.78. The third kappa shape index (κ3) is 4.75. The molecule has 2 amide bonds. The molecule has 8 heteroatoms. The Morgan fingerprint density at radius 3 is 2.77 bits per heavy atom. The van der Waals surface area contributed by atoms with E-state index in [1.165, 1.54) is 17.4 Å². The summed E-state index contributed by atoms with van der Waals surface area (Å²) in [4.78, 5) is 27.0. The van der Waals surface area contributed by atoms with E-state index < -0.39 is 6.04 Å². The van der Waals surface area contributed by atoms with Crippen LogP contribution in [0.4, 0.5) is 5.13 Å². The first-order valence-corrected chi connectivity index (χ1v) is 10.7. The number of carbonyl (C=O) groups excluding carboxylic acids is 2. The van der Waals surface area contributed by atoms with E-state index in [0.717, 1.165) is 17.5 Å². The lowest BCUT2D eigenvalue weighted by Gasteiger charge is -2.22. The number of amides is 2. The van der Waals surface area contributed by atoms with Crippen LogP contribution in [0.5, 0.6) is 0 Å². The topological polar surface area (TPSA) is 75.2 Å². The molecule has 4 rings (SSSR count). The first-order valence-electron chi connectivity index (χ1n) is 9.54. The molecular formula is C22H19ClN4O2S. The molecular weight excluding hydrogens is 420 g/mol. The van der Waals surface area contributed by atoms with Gasteiger partial charge in [-0.15, -0.1) is 10.2 Å². The smallest absolute Gasteiger partial charge is 0.249 e. The van der Waals surface area contributed by atoms with Crippen LogP contribution in [-0.4, -0.2) is 39.5 Å². The molecule has 1 aliphatic rings. The van der Waals surface area contributed by atoms with Crippen molar-refractivity contribution in [2.24, 2.45) is 0 Å². The highest BCUT2D eigenvalue weighted by molar-refractivity contribution is 7.18. The minimum atomic E-state index is -0.517. The van der Waals surface area contributed by atoms with Crippen LogP contribution in [0, 0.1) is 0 Å². The summed E-state index contributed by atoms with van der Waals surface area (Å²) < 4.78 is 0. The van der Waals surface area contributed by atoms with Gasteiger partial charge < -0.3 is 4.90 Å². The van der Waals surface area contributed by atoms with Gasteiger partial charge in [-0.05, 0) is 36.6 Å². The summed E-state index contributed by atoms with van der Waals surface area (Å²) in [6, 6.07) is 16.4. The average molecular weight is 439 g/mol.